The number of nitrogens with zero attached hydrogens (tertiary/aromatic N) is 2. The topological polar surface area (TPSA) is 38.1 Å². The molecule has 1 aromatic heterocycles. The molecule has 1 rings (SSSR count). The highest BCUT2D eigenvalue weighted by molar-refractivity contribution is 7.99. The molecular formula is C9H15ClN2OS. The first-order valence-corrected chi connectivity index (χ1v) is 5.90. The number of aromatic nitrogens is 2. The summed E-state index contributed by atoms with van der Waals surface area (Å²) in [5.74, 6) is 1.71. The summed E-state index contributed by atoms with van der Waals surface area (Å²) in [6.07, 6.45) is 1.35. The van der Waals surface area contributed by atoms with Gasteiger partial charge in [0, 0.05) is 12.3 Å². The molecule has 0 amide bonds. The van der Waals surface area contributed by atoms with E-state index in [4.69, 9.17) is 11.6 Å². The Bertz CT molecular complexity index is 301. The van der Waals surface area contributed by atoms with Crippen molar-refractivity contribution in [1.29, 1.82) is 0 Å². The molecule has 2 unspecified atom stereocenters. The van der Waals surface area contributed by atoms with Gasteiger partial charge in [0.15, 0.2) is 0 Å². The molecule has 1 N–H and O–H groups in total. The molecule has 5 heteroatoms. The second-order valence-electron chi connectivity index (χ2n) is 3.31. The molecule has 1 aromatic rings. The monoisotopic (exact) mass is 234 g/mol. The van der Waals surface area contributed by atoms with Gasteiger partial charge >= 0.3 is 0 Å². The van der Waals surface area contributed by atoms with E-state index in [-0.39, 0.29) is 11.4 Å². The average molecular weight is 235 g/mol. The third-order valence-electron chi connectivity index (χ3n) is 2.18. The Kier molecular flexibility index (Phi) is 4.29. The van der Waals surface area contributed by atoms with Crippen molar-refractivity contribution in [3.8, 4) is 0 Å². The van der Waals surface area contributed by atoms with E-state index < -0.39 is 0 Å². The first kappa shape index (κ1) is 11.9. The van der Waals surface area contributed by atoms with Crippen molar-refractivity contribution in [1.82, 2.24) is 9.55 Å². The Balaban J connectivity index is 2.50. The van der Waals surface area contributed by atoms with Gasteiger partial charge in [-0.1, -0.05) is 18.5 Å². The predicted molar refractivity (Wildman–Crippen MR) is 60.7 cm³/mol. The number of hydrogen-bond donors (Lipinski definition) is 1. The summed E-state index contributed by atoms with van der Waals surface area (Å²) < 4.78 is 1.85. The highest BCUT2D eigenvalue weighted by atomic mass is 35.5. The van der Waals surface area contributed by atoms with Crippen LogP contribution in [0.25, 0.3) is 0 Å². The molecule has 14 heavy (non-hydrogen) atoms. The SMILES string of the molecule is CC(O)C(C)SCc1ncc(Cl)n1C. The molecule has 0 aliphatic rings. The summed E-state index contributed by atoms with van der Waals surface area (Å²) in [6, 6.07) is 0. The fourth-order valence-electron chi connectivity index (χ4n) is 0.904. The third kappa shape index (κ3) is 2.90. The van der Waals surface area contributed by atoms with Crippen LogP contribution in [0, 0.1) is 0 Å². The van der Waals surface area contributed by atoms with Gasteiger partial charge in [-0.05, 0) is 6.92 Å². The van der Waals surface area contributed by atoms with E-state index in [9.17, 15) is 5.11 Å². The lowest BCUT2D eigenvalue weighted by atomic mass is 10.3. The molecule has 0 radical (unpaired) electrons. The summed E-state index contributed by atoms with van der Waals surface area (Å²) >= 11 is 7.52. The molecule has 0 saturated heterocycles. The Morgan fingerprint density at radius 1 is 1.64 bits per heavy atom. The van der Waals surface area contributed by atoms with E-state index in [0.29, 0.717) is 5.15 Å². The molecule has 80 valence electrons. The number of aliphatic hydroxyl groups excluding tert-OH is 1. The quantitative estimate of drug-likeness (QED) is 0.867. The van der Waals surface area contributed by atoms with Crippen molar-refractivity contribution in [3.05, 3.63) is 17.2 Å². The number of hydrogen-bond acceptors (Lipinski definition) is 3. The highest BCUT2D eigenvalue weighted by Gasteiger charge is 2.11. The lowest BCUT2D eigenvalue weighted by Crippen LogP contribution is -2.15. The zero-order valence-corrected chi connectivity index (χ0v) is 10.1. The number of thioether (sulfide) groups is 1. The first-order chi connectivity index (χ1) is 6.52. The smallest absolute Gasteiger partial charge is 0.128 e. The fraction of sp³-hybridized carbons (Fsp3) is 0.667. The maximum Gasteiger partial charge on any atom is 0.128 e. The number of rotatable bonds is 4. The molecule has 0 aliphatic carbocycles. The minimum atomic E-state index is -0.296. The second-order valence-corrected chi connectivity index (χ2v) is 5.07. The van der Waals surface area contributed by atoms with E-state index in [1.165, 1.54) is 0 Å². The number of aliphatic hydroxyl groups is 1. The Morgan fingerprint density at radius 2 is 2.29 bits per heavy atom. The van der Waals surface area contributed by atoms with E-state index in [1.807, 2.05) is 18.5 Å². The molecule has 0 fully saturated rings. The Hall–Kier alpha value is -0.190. The summed E-state index contributed by atoms with van der Waals surface area (Å²) in [5, 5.41) is 10.2. The molecule has 3 nitrogen and oxygen atoms in total. The highest BCUT2D eigenvalue weighted by Crippen LogP contribution is 2.20. The molecule has 0 spiro atoms. The molecule has 1 heterocycles. The maximum atomic E-state index is 9.30. The summed E-state index contributed by atoms with van der Waals surface area (Å²) in [4.78, 5) is 4.18. The molecule has 0 aliphatic heterocycles. The Labute approximate surface area is 93.5 Å². The van der Waals surface area contributed by atoms with E-state index in [1.54, 1.807) is 24.9 Å². The van der Waals surface area contributed by atoms with Crippen molar-refractivity contribution in [2.45, 2.75) is 31.0 Å². The van der Waals surface area contributed by atoms with Crippen LogP contribution in [0.1, 0.15) is 19.7 Å². The van der Waals surface area contributed by atoms with Crippen LogP contribution in [-0.2, 0) is 12.8 Å². The second kappa shape index (κ2) is 5.05. The van der Waals surface area contributed by atoms with Gasteiger partial charge < -0.3 is 9.67 Å². The zero-order valence-electron chi connectivity index (χ0n) is 8.57. The van der Waals surface area contributed by atoms with Gasteiger partial charge in [0.1, 0.15) is 11.0 Å². The lowest BCUT2D eigenvalue weighted by molar-refractivity contribution is 0.196. The average Bonchev–Trinajstić information content (AvgIpc) is 2.44. The van der Waals surface area contributed by atoms with E-state index >= 15 is 0 Å². The van der Waals surface area contributed by atoms with E-state index in [0.717, 1.165) is 11.6 Å². The first-order valence-electron chi connectivity index (χ1n) is 4.48. The van der Waals surface area contributed by atoms with Gasteiger partial charge in [-0.25, -0.2) is 4.98 Å². The van der Waals surface area contributed by atoms with Crippen LogP contribution in [0.4, 0.5) is 0 Å². The molecule has 0 bridgehead atoms. The van der Waals surface area contributed by atoms with Crippen molar-refractivity contribution in [3.63, 3.8) is 0 Å². The van der Waals surface area contributed by atoms with Gasteiger partial charge in [0.25, 0.3) is 0 Å². The third-order valence-corrected chi connectivity index (χ3v) is 3.88. The van der Waals surface area contributed by atoms with Crippen LogP contribution in [-0.4, -0.2) is 26.0 Å². The zero-order chi connectivity index (χ0) is 10.7. The minimum absolute atomic E-state index is 0.213. The summed E-state index contributed by atoms with van der Waals surface area (Å²) in [6.45, 7) is 3.79. The maximum absolute atomic E-state index is 9.30. The van der Waals surface area contributed by atoms with Gasteiger partial charge in [-0.3, -0.25) is 0 Å². The van der Waals surface area contributed by atoms with Crippen LogP contribution in [0.15, 0.2) is 6.20 Å². The van der Waals surface area contributed by atoms with Crippen LogP contribution in [0.2, 0.25) is 5.15 Å². The van der Waals surface area contributed by atoms with Crippen molar-refractivity contribution < 1.29 is 5.11 Å². The summed E-state index contributed by atoms with van der Waals surface area (Å²) in [5.41, 5.74) is 0. The lowest BCUT2D eigenvalue weighted by Gasteiger charge is -2.13. The Morgan fingerprint density at radius 3 is 2.71 bits per heavy atom. The largest absolute Gasteiger partial charge is 0.392 e. The normalized spacial score (nSPS) is 15.5. The van der Waals surface area contributed by atoms with E-state index in [2.05, 4.69) is 4.98 Å². The molecule has 2 atom stereocenters. The number of imidazole rings is 1. The molecule has 0 saturated carbocycles. The van der Waals surface area contributed by atoms with Crippen LogP contribution < -0.4 is 0 Å². The van der Waals surface area contributed by atoms with Crippen LogP contribution >= 0.6 is 23.4 Å². The molecular weight excluding hydrogens is 220 g/mol. The molecule has 0 aromatic carbocycles. The summed E-state index contributed by atoms with van der Waals surface area (Å²) in [7, 11) is 1.89. The van der Waals surface area contributed by atoms with Crippen LogP contribution in [0.3, 0.4) is 0 Å². The van der Waals surface area contributed by atoms with Crippen molar-refractivity contribution in [2.75, 3.05) is 0 Å². The van der Waals surface area contributed by atoms with Crippen LogP contribution in [0.5, 0.6) is 0 Å². The van der Waals surface area contributed by atoms with Crippen molar-refractivity contribution >= 4 is 23.4 Å². The van der Waals surface area contributed by atoms with Crippen molar-refractivity contribution in [2.24, 2.45) is 7.05 Å². The minimum Gasteiger partial charge on any atom is -0.392 e. The predicted octanol–water partition coefficient (Wildman–Crippen LogP) is 2.08. The number of halogens is 1. The standard InChI is InChI=1S/C9H15ClN2OS/c1-6(13)7(2)14-5-9-11-4-8(10)12(9)3/h4,6-7,13H,5H2,1-3H3. The van der Waals surface area contributed by atoms with Gasteiger partial charge in [0.2, 0.25) is 0 Å². The van der Waals surface area contributed by atoms with Gasteiger partial charge in [-0.15, -0.1) is 11.8 Å². The fourth-order valence-corrected chi connectivity index (χ4v) is 2.01. The van der Waals surface area contributed by atoms with Gasteiger partial charge in [-0.2, -0.15) is 0 Å². The van der Waals surface area contributed by atoms with Gasteiger partial charge in [0.05, 0.1) is 18.1 Å².